The van der Waals surface area contributed by atoms with Gasteiger partial charge in [0.1, 0.15) is 0 Å². The number of hydrogen-bond acceptors (Lipinski definition) is 3. The standard InChI is InChI=1S/C16H25N3.2ClH/c1-13-5-4-8-15(18-13)16(14-6-2-3-7-14)19-11-9-17-10-12-19;;/h4-5,8,14,16-17H,2-3,6-7,9-12H2,1H3;2*1H/t16-;;/m0../s1. The quantitative estimate of drug-likeness (QED) is 0.920. The average molecular weight is 332 g/mol. The molecule has 0 radical (unpaired) electrons. The van der Waals surface area contributed by atoms with Crippen LogP contribution >= 0.6 is 24.8 Å². The Morgan fingerprint density at radius 2 is 1.81 bits per heavy atom. The Labute approximate surface area is 140 Å². The van der Waals surface area contributed by atoms with Crippen LogP contribution < -0.4 is 5.32 Å². The molecular weight excluding hydrogens is 305 g/mol. The van der Waals surface area contributed by atoms with Crippen molar-refractivity contribution in [1.29, 1.82) is 0 Å². The normalized spacial score (nSPS) is 21.4. The minimum Gasteiger partial charge on any atom is -0.314 e. The fourth-order valence-electron chi connectivity index (χ4n) is 3.69. The molecule has 2 aliphatic rings. The molecule has 2 heterocycles. The third kappa shape index (κ3) is 4.56. The average Bonchev–Trinajstić information content (AvgIpc) is 2.94. The summed E-state index contributed by atoms with van der Waals surface area (Å²) < 4.78 is 0. The molecule has 21 heavy (non-hydrogen) atoms. The van der Waals surface area contributed by atoms with Gasteiger partial charge >= 0.3 is 0 Å². The Morgan fingerprint density at radius 3 is 2.43 bits per heavy atom. The molecule has 1 aliphatic carbocycles. The van der Waals surface area contributed by atoms with Gasteiger partial charge in [-0.05, 0) is 37.8 Å². The van der Waals surface area contributed by atoms with Gasteiger partial charge in [0, 0.05) is 31.9 Å². The highest BCUT2D eigenvalue weighted by Crippen LogP contribution is 2.38. The third-order valence-electron chi connectivity index (χ3n) is 4.60. The Balaban J connectivity index is 0.00000110. The molecule has 1 aromatic heterocycles. The number of nitrogens with zero attached hydrogens (tertiary/aromatic N) is 2. The smallest absolute Gasteiger partial charge is 0.0581 e. The summed E-state index contributed by atoms with van der Waals surface area (Å²) in [6, 6.07) is 7.05. The first-order chi connectivity index (χ1) is 9.34. The molecule has 0 bridgehead atoms. The molecule has 3 nitrogen and oxygen atoms in total. The number of aromatic nitrogens is 1. The van der Waals surface area contributed by atoms with Crippen molar-refractivity contribution in [1.82, 2.24) is 15.2 Å². The predicted octanol–water partition coefficient (Wildman–Crippen LogP) is 3.37. The molecule has 1 aliphatic heterocycles. The van der Waals surface area contributed by atoms with Gasteiger partial charge in [-0.2, -0.15) is 0 Å². The van der Waals surface area contributed by atoms with E-state index in [2.05, 4.69) is 35.3 Å². The van der Waals surface area contributed by atoms with Gasteiger partial charge in [-0.1, -0.05) is 18.9 Å². The first-order valence-corrected chi connectivity index (χ1v) is 7.73. The van der Waals surface area contributed by atoms with Crippen molar-refractivity contribution < 1.29 is 0 Å². The van der Waals surface area contributed by atoms with Crippen LogP contribution in [0, 0.1) is 12.8 Å². The predicted molar refractivity (Wildman–Crippen MR) is 92.6 cm³/mol. The van der Waals surface area contributed by atoms with E-state index in [-0.39, 0.29) is 24.8 Å². The first kappa shape index (κ1) is 18.7. The highest BCUT2D eigenvalue weighted by molar-refractivity contribution is 5.85. The zero-order valence-corrected chi connectivity index (χ0v) is 14.4. The summed E-state index contributed by atoms with van der Waals surface area (Å²) in [6.07, 6.45) is 5.56. The Hall–Kier alpha value is -0.350. The van der Waals surface area contributed by atoms with Crippen LogP contribution in [0.2, 0.25) is 0 Å². The van der Waals surface area contributed by atoms with E-state index in [0.717, 1.165) is 37.8 Å². The van der Waals surface area contributed by atoms with Crippen LogP contribution in [0.3, 0.4) is 0 Å². The fourth-order valence-corrected chi connectivity index (χ4v) is 3.69. The maximum absolute atomic E-state index is 4.83. The molecule has 0 spiro atoms. The monoisotopic (exact) mass is 331 g/mol. The van der Waals surface area contributed by atoms with Crippen molar-refractivity contribution in [3.05, 3.63) is 29.6 Å². The number of nitrogens with one attached hydrogen (secondary N) is 1. The molecule has 1 atom stereocenters. The SMILES string of the molecule is Cc1cccc([C@H](C2CCCC2)N2CCNCC2)n1.Cl.Cl. The minimum absolute atomic E-state index is 0. The van der Waals surface area contributed by atoms with Gasteiger partial charge in [-0.25, -0.2) is 0 Å². The maximum Gasteiger partial charge on any atom is 0.0581 e. The number of pyridine rings is 1. The fraction of sp³-hybridized carbons (Fsp3) is 0.688. The van der Waals surface area contributed by atoms with Crippen LogP contribution in [0.25, 0.3) is 0 Å². The second-order valence-corrected chi connectivity index (χ2v) is 5.98. The summed E-state index contributed by atoms with van der Waals surface area (Å²) in [4.78, 5) is 7.49. The summed E-state index contributed by atoms with van der Waals surface area (Å²) in [5.74, 6) is 0.812. The lowest BCUT2D eigenvalue weighted by molar-refractivity contribution is 0.122. The van der Waals surface area contributed by atoms with E-state index in [4.69, 9.17) is 4.98 Å². The summed E-state index contributed by atoms with van der Waals surface area (Å²) in [6.45, 7) is 6.67. The molecule has 3 rings (SSSR count). The highest BCUT2D eigenvalue weighted by Gasteiger charge is 2.32. The molecule has 0 unspecified atom stereocenters. The molecule has 5 heteroatoms. The van der Waals surface area contributed by atoms with Crippen LogP contribution in [-0.4, -0.2) is 36.1 Å². The number of piperazine rings is 1. The Bertz CT molecular complexity index is 416. The second kappa shape index (κ2) is 8.94. The lowest BCUT2D eigenvalue weighted by atomic mass is 9.92. The lowest BCUT2D eigenvalue weighted by Gasteiger charge is -2.38. The van der Waals surface area contributed by atoms with Gasteiger partial charge in [-0.3, -0.25) is 9.88 Å². The number of rotatable bonds is 3. The van der Waals surface area contributed by atoms with Crippen molar-refractivity contribution in [3.63, 3.8) is 0 Å². The van der Waals surface area contributed by atoms with Crippen LogP contribution in [0.1, 0.15) is 43.1 Å². The van der Waals surface area contributed by atoms with Crippen LogP contribution in [0.15, 0.2) is 18.2 Å². The molecule has 0 amide bonds. The summed E-state index contributed by atoms with van der Waals surface area (Å²) in [5.41, 5.74) is 2.45. The highest BCUT2D eigenvalue weighted by atomic mass is 35.5. The van der Waals surface area contributed by atoms with Crippen molar-refractivity contribution in [3.8, 4) is 0 Å². The van der Waals surface area contributed by atoms with Gasteiger partial charge in [0.2, 0.25) is 0 Å². The summed E-state index contributed by atoms with van der Waals surface area (Å²) >= 11 is 0. The maximum atomic E-state index is 4.83. The summed E-state index contributed by atoms with van der Waals surface area (Å²) in [5, 5.41) is 3.46. The van der Waals surface area contributed by atoms with E-state index < -0.39 is 0 Å². The number of halogens is 2. The molecule has 0 aromatic carbocycles. The van der Waals surface area contributed by atoms with Crippen molar-refractivity contribution in [2.75, 3.05) is 26.2 Å². The molecule has 1 saturated carbocycles. The van der Waals surface area contributed by atoms with Crippen molar-refractivity contribution in [2.45, 2.75) is 38.6 Å². The van der Waals surface area contributed by atoms with Gasteiger partial charge in [-0.15, -0.1) is 24.8 Å². The zero-order valence-electron chi connectivity index (χ0n) is 12.8. The molecule has 2 fully saturated rings. The van der Waals surface area contributed by atoms with Gasteiger partial charge in [0.05, 0.1) is 11.7 Å². The van der Waals surface area contributed by atoms with E-state index in [9.17, 15) is 0 Å². The van der Waals surface area contributed by atoms with Crippen molar-refractivity contribution >= 4 is 24.8 Å². The van der Waals surface area contributed by atoms with Gasteiger partial charge in [0.15, 0.2) is 0 Å². The molecule has 1 aromatic rings. The largest absolute Gasteiger partial charge is 0.314 e. The Morgan fingerprint density at radius 1 is 1.14 bits per heavy atom. The van der Waals surface area contributed by atoms with E-state index >= 15 is 0 Å². The van der Waals surface area contributed by atoms with E-state index in [1.54, 1.807) is 0 Å². The van der Waals surface area contributed by atoms with E-state index in [1.165, 1.54) is 31.4 Å². The van der Waals surface area contributed by atoms with E-state index in [0.29, 0.717) is 6.04 Å². The molecular formula is C16H27Cl2N3. The van der Waals surface area contributed by atoms with Crippen LogP contribution in [0.5, 0.6) is 0 Å². The number of aryl methyl sites for hydroxylation is 1. The summed E-state index contributed by atoms with van der Waals surface area (Å²) in [7, 11) is 0. The molecule has 1 N–H and O–H groups in total. The minimum atomic E-state index is 0. The second-order valence-electron chi connectivity index (χ2n) is 5.98. The Kier molecular flexibility index (Phi) is 7.96. The van der Waals surface area contributed by atoms with Gasteiger partial charge < -0.3 is 5.32 Å². The number of hydrogen-bond donors (Lipinski definition) is 1. The first-order valence-electron chi connectivity index (χ1n) is 7.73. The van der Waals surface area contributed by atoms with Crippen LogP contribution in [0.4, 0.5) is 0 Å². The van der Waals surface area contributed by atoms with E-state index in [1.807, 2.05) is 0 Å². The molecule has 120 valence electrons. The van der Waals surface area contributed by atoms with Crippen LogP contribution in [-0.2, 0) is 0 Å². The molecule has 1 saturated heterocycles. The lowest BCUT2D eigenvalue weighted by Crippen LogP contribution is -2.46. The topological polar surface area (TPSA) is 28.2 Å². The zero-order chi connectivity index (χ0) is 13.1. The van der Waals surface area contributed by atoms with Crippen molar-refractivity contribution in [2.24, 2.45) is 5.92 Å². The van der Waals surface area contributed by atoms with Gasteiger partial charge in [0.25, 0.3) is 0 Å². The third-order valence-corrected chi connectivity index (χ3v) is 4.60.